The summed E-state index contributed by atoms with van der Waals surface area (Å²) in [5.74, 6) is -0.296. The lowest BCUT2D eigenvalue weighted by molar-refractivity contribution is 0.272. The molecule has 3 rings (SSSR count). The Bertz CT molecular complexity index is 640. The van der Waals surface area contributed by atoms with Gasteiger partial charge in [0.15, 0.2) is 0 Å². The Hall–Kier alpha value is -0.900. The Morgan fingerprint density at radius 3 is 2.60 bits per heavy atom. The maximum atomic E-state index is 14.1. The second kappa shape index (κ2) is 5.47. The molecule has 0 radical (unpaired) electrons. The number of hydrogen-bond donors (Lipinski definition) is 1. The predicted molar refractivity (Wildman–Crippen MR) is 83.8 cm³/mol. The van der Waals surface area contributed by atoms with Crippen LogP contribution in [-0.2, 0) is 11.8 Å². The highest BCUT2D eigenvalue weighted by Crippen LogP contribution is 2.35. The minimum atomic E-state index is -0.296. The summed E-state index contributed by atoms with van der Waals surface area (Å²) in [4.78, 5) is 0. The lowest BCUT2D eigenvalue weighted by Gasteiger charge is -2.43. The van der Waals surface area contributed by atoms with Gasteiger partial charge < -0.3 is 5.32 Å². The fraction of sp³-hybridized carbons (Fsp3) is 0.250. The second-order valence-electron chi connectivity index (χ2n) is 5.28. The standard InChI is InChI=1S/C16H14BrClFN/c17-13-5-2-4-12(7-13)16(9-20-10-16)8-11-3-1-6-14(18)15(11)19/h1-7,20H,8-10H2. The van der Waals surface area contributed by atoms with Crippen LogP contribution >= 0.6 is 27.5 Å². The summed E-state index contributed by atoms with van der Waals surface area (Å²) < 4.78 is 15.2. The van der Waals surface area contributed by atoms with E-state index in [9.17, 15) is 4.39 Å². The van der Waals surface area contributed by atoms with Gasteiger partial charge in [-0.15, -0.1) is 0 Å². The van der Waals surface area contributed by atoms with Crippen LogP contribution in [0.5, 0.6) is 0 Å². The highest BCUT2D eigenvalue weighted by atomic mass is 79.9. The predicted octanol–water partition coefficient (Wildman–Crippen LogP) is 4.33. The molecule has 0 aliphatic carbocycles. The molecule has 1 aliphatic heterocycles. The molecule has 0 amide bonds. The van der Waals surface area contributed by atoms with Crippen LogP contribution in [0.2, 0.25) is 5.02 Å². The zero-order valence-electron chi connectivity index (χ0n) is 10.8. The molecule has 0 saturated carbocycles. The van der Waals surface area contributed by atoms with Crippen molar-refractivity contribution >= 4 is 27.5 Å². The summed E-state index contributed by atoms with van der Waals surface area (Å²) in [6.45, 7) is 1.71. The van der Waals surface area contributed by atoms with Gasteiger partial charge in [0.25, 0.3) is 0 Å². The SMILES string of the molecule is Fc1c(Cl)cccc1CC1(c2cccc(Br)c2)CNC1. The van der Waals surface area contributed by atoms with E-state index in [1.807, 2.05) is 18.2 Å². The first-order valence-corrected chi connectivity index (χ1v) is 7.67. The quantitative estimate of drug-likeness (QED) is 0.865. The first kappa shape index (κ1) is 14.1. The van der Waals surface area contributed by atoms with Gasteiger partial charge in [-0.25, -0.2) is 4.39 Å². The maximum Gasteiger partial charge on any atom is 0.145 e. The number of rotatable bonds is 3. The summed E-state index contributed by atoms with van der Waals surface area (Å²) in [6.07, 6.45) is 0.656. The normalized spacial score (nSPS) is 16.8. The van der Waals surface area contributed by atoms with E-state index in [0.29, 0.717) is 12.0 Å². The molecule has 1 aliphatic rings. The number of nitrogens with one attached hydrogen (secondary N) is 1. The van der Waals surface area contributed by atoms with Gasteiger partial charge in [0.1, 0.15) is 5.82 Å². The smallest absolute Gasteiger partial charge is 0.145 e. The average molecular weight is 355 g/mol. The van der Waals surface area contributed by atoms with Gasteiger partial charge in [-0.05, 0) is 35.7 Å². The third-order valence-electron chi connectivity index (χ3n) is 3.92. The van der Waals surface area contributed by atoms with E-state index in [-0.39, 0.29) is 16.3 Å². The topological polar surface area (TPSA) is 12.0 Å². The molecule has 0 spiro atoms. The molecule has 4 heteroatoms. The molecule has 2 aromatic rings. The molecule has 104 valence electrons. The van der Waals surface area contributed by atoms with Crippen LogP contribution in [0.3, 0.4) is 0 Å². The van der Waals surface area contributed by atoms with Crippen LogP contribution in [0.15, 0.2) is 46.9 Å². The van der Waals surface area contributed by atoms with Crippen molar-refractivity contribution in [2.24, 2.45) is 0 Å². The van der Waals surface area contributed by atoms with Crippen molar-refractivity contribution in [2.75, 3.05) is 13.1 Å². The van der Waals surface area contributed by atoms with Crippen molar-refractivity contribution < 1.29 is 4.39 Å². The Morgan fingerprint density at radius 2 is 1.95 bits per heavy atom. The molecule has 0 aromatic heterocycles. The lowest BCUT2D eigenvalue weighted by Crippen LogP contribution is -2.58. The molecule has 0 unspecified atom stereocenters. The third-order valence-corrected chi connectivity index (χ3v) is 4.71. The summed E-state index contributed by atoms with van der Waals surface area (Å²) in [5.41, 5.74) is 1.86. The second-order valence-corrected chi connectivity index (χ2v) is 6.61. The van der Waals surface area contributed by atoms with E-state index in [2.05, 4.69) is 33.4 Å². The van der Waals surface area contributed by atoms with Crippen molar-refractivity contribution in [2.45, 2.75) is 11.8 Å². The van der Waals surface area contributed by atoms with E-state index in [4.69, 9.17) is 11.6 Å². The maximum absolute atomic E-state index is 14.1. The van der Waals surface area contributed by atoms with Crippen molar-refractivity contribution in [3.05, 3.63) is 68.9 Å². The van der Waals surface area contributed by atoms with Crippen molar-refractivity contribution in [1.29, 1.82) is 0 Å². The summed E-state index contributed by atoms with van der Waals surface area (Å²) in [5, 5.41) is 3.50. The van der Waals surface area contributed by atoms with E-state index >= 15 is 0 Å². The molecular formula is C16H14BrClFN. The summed E-state index contributed by atoms with van der Waals surface area (Å²) in [6, 6.07) is 13.5. The zero-order valence-corrected chi connectivity index (χ0v) is 13.1. The van der Waals surface area contributed by atoms with E-state index in [0.717, 1.165) is 17.6 Å². The summed E-state index contributed by atoms with van der Waals surface area (Å²) in [7, 11) is 0. The van der Waals surface area contributed by atoms with Crippen LogP contribution in [0.25, 0.3) is 0 Å². The summed E-state index contributed by atoms with van der Waals surface area (Å²) >= 11 is 9.38. The van der Waals surface area contributed by atoms with Gasteiger partial charge in [-0.1, -0.05) is 51.8 Å². The third kappa shape index (κ3) is 2.50. The van der Waals surface area contributed by atoms with Crippen molar-refractivity contribution in [1.82, 2.24) is 5.32 Å². The Balaban J connectivity index is 1.96. The van der Waals surface area contributed by atoms with Crippen molar-refractivity contribution in [3.63, 3.8) is 0 Å². The fourth-order valence-electron chi connectivity index (χ4n) is 2.73. The molecule has 1 fully saturated rings. The highest BCUT2D eigenvalue weighted by molar-refractivity contribution is 9.10. The largest absolute Gasteiger partial charge is 0.315 e. The first-order valence-electron chi connectivity index (χ1n) is 6.50. The molecule has 2 aromatic carbocycles. The molecule has 0 bridgehead atoms. The van der Waals surface area contributed by atoms with Crippen LogP contribution in [0, 0.1) is 5.82 Å². The van der Waals surface area contributed by atoms with Crippen LogP contribution < -0.4 is 5.32 Å². The van der Waals surface area contributed by atoms with Gasteiger partial charge >= 0.3 is 0 Å². The number of benzene rings is 2. The number of hydrogen-bond acceptors (Lipinski definition) is 1. The zero-order chi connectivity index (χ0) is 14.2. The molecule has 20 heavy (non-hydrogen) atoms. The van der Waals surface area contributed by atoms with Crippen LogP contribution in [-0.4, -0.2) is 13.1 Å². The monoisotopic (exact) mass is 353 g/mol. The minimum absolute atomic E-state index is 0.0463. The Morgan fingerprint density at radius 1 is 1.20 bits per heavy atom. The molecule has 1 heterocycles. The van der Waals surface area contributed by atoms with Gasteiger partial charge in [0.05, 0.1) is 5.02 Å². The van der Waals surface area contributed by atoms with Gasteiger partial charge in [0.2, 0.25) is 0 Å². The molecule has 1 saturated heterocycles. The Kier molecular flexibility index (Phi) is 3.85. The van der Waals surface area contributed by atoms with E-state index in [1.165, 1.54) is 5.56 Å². The Labute approximate surface area is 131 Å². The minimum Gasteiger partial charge on any atom is -0.315 e. The van der Waals surface area contributed by atoms with Gasteiger partial charge in [-0.2, -0.15) is 0 Å². The molecule has 0 atom stereocenters. The van der Waals surface area contributed by atoms with E-state index in [1.54, 1.807) is 12.1 Å². The average Bonchev–Trinajstić information content (AvgIpc) is 2.38. The van der Waals surface area contributed by atoms with Crippen molar-refractivity contribution in [3.8, 4) is 0 Å². The molecular weight excluding hydrogens is 341 g/mol. The number of halogens is 3. The fourth-order valence-corrected chi connectivity index (χ4v) is 3.32. The molecule has 1 nitrogen and oxygen atoms in total. The van der Waals surface area contributed by atoms with Gasteiger partial charge in [-0.3, -0.25) is 0 Å². The first-order chi connectivity index (χ1) is 9.61. The van der Waals surface area contributed by atoms with Crippen LogP contribution in [0.1, 0.15) is 11.1 Å². The van der Waals surface area contributed by atoms with Gasteiger partial charge in [0, 0.05) is 23.0 Å². The molecule has 1 N–H and O–H groups in total. The highest BCUT2D eigenvalue weighted by Gasteiger charge is 2.39. The van der Waals surface area contributed by atoms with E-state index < -0.39 is 0 Å². The van der Waals surface area contributed by atoms with Crippen LogP contribution in [0.4, 0.5) is 4.39 Å². The lowest BCUT2D eigenvalue weighted by atomic mass is 9.71.